The van der Waals surface area contributed by atoms with Crippen LogP contribution in [0.25, 0.3) is 0 Å². The molecule has 0 radical (unpaired) electrons. The summed E-state index contributed by atoms with van der Waals surface area (Å²) in [7, 11) is -2.11. The summed E-state index contributed by atoms with van der Waals surface area (Å²) in [6.07, 6.45) is 3.67. The van der Waals surface area contributed by atoms with Crippen molar-refractivity contribution in [2.75, 3.05) is 20.2 Å². The molecule has 1 saturated heterocycles. The van der Waals surface area contributed by atoms with Crippen LogP contribution in [-0.4, -0.2) is 44.9 Å². The fourth-order valence-electron chi connectivity index (χ4n) is 2.89. The molecule has 0 bridgehead atoms. The van der Waals surface area contributed by atoms with E-state index in [0.29, 0.717) is 24.8 Å². The van der Waals surface area contributed by atoms with Gasteiger partial charge in [0.05, 0.1) is 17.6 Å². The van der Waals surface area contributed by atoms with E-state index in [0.717, 1.165) is 25.7 Å². The highest BCUT2D eigenvalue weighted by molar-refractivity contribution is 7.89. The van der Waals surface area contributed by atoms with Gasteiger partial charge in [0.1, 0.15) is 5.75 Å². The van der Waals surface area contributed by atoms with E-state index < -0.39 is 10.0 Å². The predicted molar refractivity (Wildman–Crippen MR) is 90.6 cm³/mol. The van der Waals surface area contributed by atoms with Gasteiger partial charge in [-0.3, -0.25) is 4.79 Å². The van der Waals surface area contributed by atoms with Crippen LogP contribution in [0.15, 0.2) is 23.1 Å². The van der Waals surface area contributed by atoms with E-state index in [4.69, 9.17) is 4.74 Å². The lowest BCUT2D eigenvalue weighted by Gasteiger charge is -2.29. The maximum Gasteiger partial charge on any atom is 0.255 e. The zero-order chi connectivity index (χ0) is 17.3. The molecule has 1 aromatic carbocycles. The van der Waals surface area contributed by atoms with Gasteiger partial charge in [0.2, 0.25) is 10.0 Å². The fourth-order valence-corrected chi connectivity index (χ4v) is 4.39. The Morgan fingerprint density at radius 1 is 1.21 bits per heavy atom. The van der Waals surface area contributed by atoms with Crippen molar-refractivity contribution in [1.82, 2.24) is 9.62 Å². The average molecular weight is 352 g/mol. The Morgan fingerprint density at radius 2 is 1.88 bits per heavy atom. The average Bonchev–Trinajstić information content (AvgIpc) is 3.38. The van der Waals surface area contributed by atoms with Crippen molar-refractivity contribution in [3.8, 4) is 5.75 Å². The molecule has 2 fully saturated rings. The molecule has 1 N–H and O–H groups in total. The quantitative estimate of drug-likeness (QED) is 0.879. The van der Waals surface area contributed by atoms with E-state index >= 15 is 0 Å². The fraction of sp³-hybridized carbons (Fsp3) is 0.588. The number of rotatable bonds is 5. The second-order valence-corrected chi connectivity index (χ2v) is 8.63. The van der Waals surface area contributed by atoms with E-state index in [1.54, 1.807) is 6.07 Å². The SMILES string of the molecule is COc1ccc(S(=O)(=O)N2CCC(C)CC2)cc1C(=O)NC1CC1. The topological polar surface area (TPSA) is 75.7 Å². The van der Waals surface area contributed by atoms with Crippen LogP contribution in [-0.2, 0) is 10.0 Å². The van der Waals surface area contributed by atoms with Gasteiger partial charge in [-0.25, -0.2) is 8.42 Å². The van der Waals surface area contributed by atoms with Crippen LogP contribution in [0.3, 0.4) is 0 Å². The molecule has 1 aliphatic carbocycles. The van der Waals surface area contributed by atoms with Gasteiger partial charge in [-0.2, -0.15) is 4.31 Å². The number of methoxy groups -OCH3 is 1. The van der Waals surface area contributed by atoms with Gasteiger partial charge in [0, 0.05) is 19.1 Å². The van der Waals surface area contributed by atoms with Crippen LogP contribution >= 0.6 is 0 Å². The lowest BCUT2D eigenvalue weighted by molar-refractivity contribution is 0.0948. The molecule has 0 spiro atoms. The van der Waals surface area contributed by atoms with Gasteiger partial charge >= 0.3 is 0 Å². The molecular weight excluding hydrogens is 328 g/mol. The lowest BCUT2D eigenvalue weighted by atomic mass is 10.0. The molecular formula is C17H24N2O4S. The molecule has 1 amide bonds. The van der Waals surface area contributed by atoms with Gasteiger partial charge in [-0.1, -0.05) is 6.92 Å². The first-order valence-corrected chi connectivity index (χ1v) is 9.85. The molecule has 0 atom stereocenters. The summed E-state index contributed by atoms with van der Waals surface area (Å²) in [5.41, 5.74) is 0.274. The minimum Gasteiger partial charge on any atom is -0.496 e. The van der Waals surface area contributed by atoms with E-state index in [1.807, 2.05) is 0 Å². The molecule has 6 nitrogen and oxygen atoms in total. The third-order valence-corrected chi connectivity index (χ3v) is 6.60. The number of carbonyl (C=O) groups is 1. The molecule has 132 valence electrons. The molecule has 1 aliphatic heterocycles. The normalized spacial score (nSPS) is 19.9. The molecule has 2 aliphatic rings. The molecule has 24 heavy (non-hydrogen) atoms. The zero-order valence-corrected chi connectivity index (χ0v) is 14.9. The minimum absolute atomic E-state index is 0.152. The monoisotopic (exact) mass is 352 g/mol. The van der Waals surface area contributed by atoms with Crippen LogP contribution in [0.1, 0.15) is 43.0 Å². The van der Waals surface area contributed by atoms with Gasteiger partial charge < -0.3 is 10.1 Å². The number of benzene rings is 1. The minimum atomic E-state index is -3.58. The largest absolute Gasteiger partial charge is 0.496 e. The lowest BCUT2D eigenvalue weighted by Crippen LogP contribution is -2.38. The summed E-state index contributed by atoms with van der Waals surface area (Å²) in [4.78, 5) is 12.5. The zero-order valence-electron chi connectivity index (χ0n) is 14.1. The third-order valence-electron chi connectivity index (χ3n) is 4.71. The van der Waals surface area contributed by atoms with E-state index in [9.17, 15) is 13.2 Å². The van der Waals surface area contributed by atoms with E-state index in [-0.39, 0.29) is 22.4 Å². The summed E-state index contributed by atoms with van der Waals surface area (Å²) in [6.45, 7) is 3.19. The number of sulfonamides is 1. The number of nitrogens with zero attached hydrogens (tertiary/aromatic N) is 1. The van der Waals surface area contributed by atoms with Crippen molar-refractivity contribution in [2.45, 2.75) is 43.5 Å². The summed E-state index contributed by atoms with van der Waals surface area (Å²) in [6, 6.07) is 4.71. The summed E-state index contributed by atoms with van der Waals surface area (Å²) >= 11 is 0. The van der Waals surface area contributed by atoms with Crippen LogP contribution in [0, 0.1) is 5.92 Å². The van der Waals surface area contributed by atoms with Gasteiger partial charge in [0.15, 0.2) is 0 Å². The van der Waals surface area contributed by atoms with Crippen molar-refractivity contribution >= 4 is 15.9 Å². The van der Waals surface area contributed by atoms with Crippen molar-refractivity contribution in [2.24, 2.45) is 5.92 Å². The smallest absolute Gasteiger partial charge is 0.255 e. The van der Waals surface area contributed by atoms with Crippen LogP contribution in [0.4, 0.5) is 0 Å². The van der Waals surface area contributed by atoms with Gasteiger partial charge in [-0.15, -0.1) is 0 Å². The maximum atomic E-state index is 12.9. The Morgan fingerprint density at radius 3 is 2.46 bits per heavy atom. The number of amides is 1. The number of nitrogens with one attached hydrogen (secondary N) is 1. The number of carbonyl (C=O) groups excluding carboxylic acids is 1. The van der Waals surface area contributed by atoms with Crippen LogP contribution < -0.4 is 10.1 Å². The first-order chi connectivity index (χ1) is 11.4. The summed E-state index contributed by atoms with van der Waals surface area (Å²) in [5.74, 6) is 0.658. The van der Waals surface area contributed by atoms with E-state index in [1.165, 1.54) is 23.5 Å². The second-order valence-electron chi connectivity index (χ2n) is 6.70. The number of hydrogen-bond donors (Lipinski definition) is 1. The second kappa shape index (κ2) is 6.72. The molecule has 1 heterocycles. The van der Waals surface area contributed by atoms with Gasteiger partial charge in [-0.05, 0) is 49.8 Å². The van der Waals surface area contributed by atoms with Crippen LogP contribution in [0.5, 0.6) is 5.75 Å². The summed E-state index contributed by atoms with van der Waals surface area (Å²) < 4.78 is 32.5. The highest BCUT2D eigenvalue weighted by Gasteiger charge is 2.30. The first-order valence-electron chi connectivity index (χ1n) is 8.41. The summed E-state index contributed by atoms with van der Waals surface area (Å²) in [5, 5.41) is 2.88. The third kappa shape index (κ3) is 3.57. The number of ether oxygens (including phenoxy) is 1. The Bertz CT molecular complexity index is 720. The Kier molecular flexibility index (Phi) is 4.83. The standard InChI is InChI=1S/C17H24N2O4S/c1-12-7-9-19(10-8-12)24(21,22)14-5-6-16(23-2)15(11-14)17(20)18-13-3-4-13/h5-6,11-13H,3-4,7-10H2,1-2H3,(H,18,20). The molecule has 1 aromatic rings. The maximum absolute atomic E-state index is 12.9. The Labute approximate surface area is 143 Å². The number of hydrogen-bond acceptors (Lipinski definition) is 4. The molecule has 7 heteroatoms. The van der Waals surface area contributed by atoms with Crippen molar-refractivity contribution < 1.29 is 17.9 Å². The number of piperidine rings is 1. The predicted octanol–water partition coefficient (Wildman–Crippen LogP) is 2.01. The van der Waals surface area contributed by atoms with Crippen molar-refractivity contribution in [3.63, 3.8) is 0 Å². The van der Waals surface area contributed by atoms with Crippen molar-refractivity contribution in [3.05, 3.63) is 23.8 Å². The molecule has 1 saturated carbocycles. The molecule has 0 unspecified atom stereocenters. The Hall–Kier alpha value is -1.60. The molecule has 3 rings (SSSR count). The first kappa shape index (κ1) is 17.2. The molecule has 0 aromatic heterocycles. The van der Waals surface area contributed by atoms with E-state index in [2.05, 4.69) is 12.2 Å². The van der Waals surface area contributed by atoms with Crippen LogP contribution in [0.2, 0.25) is 0 Å². The Balaban J connectivity index is 1.88. The van der Waals surface area contributed by atoms with Gasteiger partial charge in [0.25, 0.3) is 5.91 Å². The highest BCUT2D eigenvalue weighted by atomic mass is 32.2. The van der Waals surface area contributed by atoms with Crippen molar-refractivity contribution in [1.29, 1.82) is 0 Å². The highest BCUT2D eigenvalue weighted by Crippen LogP contribution is 2.28.